The number of aryl methyl sites for hydroxylation is 1. The molecule has 2 rings (SSSR count). The number of nitrogens with zero attached hydrogens (tertiary/aromatic N) is 1. The van der Waals surface area contributed by atoms with E-state index in [2.05, 4.69) is 24.4 Å². The normalized spacial score (nSPS) is 12.7. The molecule has 0 aliphatic heterocycles. The number of rotatable bonds is 11. The molecule has 2 aromatic carbocycles. The number of thioether (sulfide) groups is 1. The molecule has 1 N–H and O–H groups in total. The first kappa shape index (κ1) is 24.8. The van der Waals surface area contributed by atoms with Crippen LogP contribution in [0.2, 0.25) is 0 Å². The first-order valence-corrected chi connectivity index (χ1v) is 11.9. The first-order chi connectivity index (χ1) is 14.8. The van der Waals surface area contributed by atoms with Gasteiger partial charge in [0, 0.05) is 18.3 Å². The van der Waals surface area contributed by atoms with Gasteiger partial charge in [-0.3, -0.25) is 9.59 Å². The van der Waals surface area contributed by atoms with Crippen molar-refractivity contribution in [3.63, 3.8) is 0 Å². The number of hydrogen-bond donors (Lipinski definition) is 1. The summed E-state index contributed by atoms with van der Waals surface area (Å²) in [6.07, 6.45) is 0.842. The van der Waals surface area contributed by atoms with Crippen LogP contribution in [0.15, 0.2) is 48.5 Å². The van der Waals surface area contributed by atoms with E-state index in [1.165, 1.54) is 11.1 Å². The van der Waals surface area contributed by atoms with E-state index >= 15 is 0 Å². The van der Waals surface area contributed by atoms with Gasteiger partial charge in [-0.1, -0.05) is 43.3 Å². The number of carbonyl (C=O) groups is 2. The molecule has 0 saturated heterocycles. The molecular formula is C25H34N2O3S. The second-order valence-corrected chi connectivity index (χ2v) is 8.77. The highest BCUT2D eigenvalue weighted by atomic mass is 32.2. The minimum absolute atomic E-state index is 0.0480. The van der Waals surface area contributed by atoms with E-state index in [0.29, 0.717) is 12.3 Å². The van der Waals surface area contributed by atoms with E-state index in [1.807, 2.05) is 50.2 Å². The lowest BCUT2D eigenvalue weighted by Gasteiger charge is -2.29. The van der Waals surface area contributed by atoms with Crippen molar-refractivity contribution in [2.75, 3.05) is 12.9 Å². The van der Waals surface area contributed by atoms with Crippen molar-refractivity contribution in [3.8, 4) is 5.75 Å². The number of hydrogen-bond acceptors (Lipinski definition) is 4. The second-order valence-electron chi connectivity index (χ2n) is 7.79. The standard InChI is InChI=1S/C25H34N2O3S/c1-6-19(3)26-25(29)20(4)27(15-21-11-9-13-23(14-21)30-5)24(28)17-31-16-22-12-8-7-10-18(22)2/h7-14,19-20H,6,15-17H2,1-5H3,(H,26,29)/t19-,20+/m1/s1. The van der Waals surface area contributed by atoms with Crippen LogP contribution < -0.4 is 10.1 Å². The van der Waals surface area contributed by atoms with E-state index in [1.54, 1.807) is 30.7 Å². The molecule has 0 spiro atoms. The van der Waals surface area contributed by atoms with Crippen LogP contribution in [0.4, 0.5) is 0 Å². The van der Waals surface area contributed by atoms with Gasteiger partial charge in [-0.25, -0.2) is 0 Å². The SMILES string of the molecule is CC[C@@H](C)NC(=O)[C@H](C)N(Cc1cccc(OC)c1)C(=O)CSCc1ccccc1C. The fraction of sp³-hybridized carbons (Fsp3) is 0.440. The lowest BCUT2D eigenvalue weighted by Crippen LogP contribution is -2.50. The topological polar surface area (TPSA) is 58.6 Å². The Hall–Kier alpha value is -2.47. The number of nitrogens with one attached hydrogen (secondary N) is 1. The van der Waals surface area contributed by atoms with Gasteiger partial charge >= 0.3 is 0 Å². The Balaban J connectivity index is 2.11. The van der Waals surface area contributed by atoms with E-state index in [4.69, 9.17) is 4.74 Å². The van der Waals surface area contributed by atoms with Crippen LogP contribution in [-0.4, -0.2) is 41.7 Å². The van der Waals surface area contributed by atoms with Gasteiger partial charge in [-0.15, -0.1) is 11.8 Å². The highest BCUT2D eigenvalue weighted by molar-refractivity contribution is 7.99. The second kappa shape index (κ2) is 12.4. The van der Waals surface area contributed by atoms with Gasteiger partial charge in [0.25, 0.3) is 0 Å². The number of benzene rings is 2. The molecule has 2 amide bonds. The number of carbonyl (C=O) groups excluding carboxylic acids is 2. The van der Waals surface area contributed by atoms with Crippen LogP contribution in [0.5, 0.6) is 5.75 Å². The Morgan fingerprint density at radius 2 is 1.87 bits per heavy atom. The molecule has 2 atom stereocenters. The first-order valence-electron chi connectivity index (χ1n) is 10.7. The van der Waals surface area contributed by atoms with Crippen molar-refractivity contribution in [1.82, 2.24) is 10.2 Å². The molecule has 0 aromatic heterocycles. The summed E-state index contributed by atoms with van der Waals surface area (Å²) >= 11 is 1.58. The third-order valence-corrected chi connectivity index (χ3v) is 6.37. The molecule has 31 heavy (non-hydrogen) atoms. The molecule has 0 heterocycles. The molecule has 0 fully saturated rings. The van der Waals surface area contributed by atoms with Crippen LogP contribution in [0.3, 0.4) is 0 Å². The minimum atomic E-state index is -0.563. The molecule has 2 aromatic rings. The maximum atomic E-state index is 13.2. The van der Waals surface area contributed by atoms with Gasteiger partial charge in [-0.05, 0) is 56.0 Å². The molecule has 6 heteroatoms. The van der Waals surface area contributed by atoms with Gasteiger partial charge in [0.1, 0.15) is 11.8 Å². The van der Waals surface area contributed by atoms with E-state index in [0.717, 1.165) is 23.5 Å². The van der Waals surface area contributed by atoms with Crippen molar-refractivity contribution in [3.05, 3.63) is 65.2 Å². The zero-order chi connectivity index (χ0) is 22.8. The fourth-order valence-corrected chi connectivity index (χ4v) is 4.11. The lowest BCUT2D eigenvalue weighted by molar-refractivity contribution is -0.138. The minimum Gasteiger partial charge on any atom is -0.497 e. The molecule has 0 aliphatic carbocycles. The van der Waals surface area contributed by atoms with Crippen LogP contribution in [0, 0.1) is 6.92 Å². The third-order valence-electron chi connectivity index (χ3n) is 5.40. The van der Waals surface area contributed by atoms with Gasteiger partial charge in [0.15, 0.2) is 0 Å². The van der Waals surface area contributed by atoms with Crippen LogP contribution in [-0.2, 0) is 21.9 Å². The Morgan fingerprint density at radius 3 is 2.55 bits per heavy atom. The number of amides is 2. The largest absolute Gasteiger partial charge is 0.497 e. The molecule has 0 radical (unpaired) electrons. The monoisotopic (exact) mass is 442 g/mol. The molecule has 168 valence electrons. The summed E-state index contributed by atoms with van der Waals surface area (Å²) in [6, 6.07) is 15.3. The van der Waals surface area contributed by atoms with Gasteiger partial charge in [0.2, 0.25) is 11.8 Å². The molecule has 0 aliphatic rings. The molecule has 5 nitrogen and oxygen atoms in total. The Kier molecular flexibility index (Phi) is 9.92. The number of ether oxygens (including phenoxy) is 1. The van der Waals surface area contributed by atoms with E-state index < -0.39 is 6.04 Å². The van der Waals surface area contributed by atoms with E-state index in [9.17, 15) is 9.59 Å². The van der Waals surface area contributed by atoms with Crippen LogP contribution in [0.25, 0.3) is 0 Å². The Morgan fingerprint density at radius 1 is 1.13 bits per heavy atom. The summed E-state index contributed by atoms with van der Waals surface area (Å²) in [5.74, 6) is 1.64. The van der Waals surface area contributed by atoms with Crippen molar-refractivity contribution in [2.24, 2.45) is 0 Å². The van der Waals surface area contributed by atoms with E-state index in [-0.39, 0.29) is 17.9 Å². The third kappa shape index (κ3) is 7.62. The Labute approximate surface area is 190 Å². The lowest BCUT2D eigenvalue weighted by atomic mass is 10.1. The predicted molar refractivity (Wildman–Crippen MR) is 128 cm³/mol. The molecule has 0 saturated carbocycles. The Bertz CT molecular complexity index is 871. The maximum Gasteiger partial charge on any atom is 0.242 e. The van der Waals surface area contributed by atoms with Gasteiger partial charge < -0.3 is 15.0 Å². The quantitative estimate of drug-likeness (QED) is 0.554. The average molecular weight is 443 g/mol. The predicted octanol–water partition coefficient (Wildman–Crippen LogP) is 4.57. The zero-order valence-corrected chi connectivity index (χ0v) is 20.0. The summed E-state index contributed by atoms with van der Waals surface area (Å²) in [6.45, 7) is 8.22. The molecule has 0 bridgehead atoms. The summed E-state index contributed by atoms with van der Waals surface area (Å²) in [5.41, 5.74) is 3.37. The van der Waals surface area contributed by atoms with Crippen LogP contribution in [0.1, 0.15) is 43.9 Å². The smallest absolute Gasteiger partial charge is 0.242 e. The summed E-state index contributed by atoms with van der Waals surface area (Å²) < 4.78 is 5.31. The summed E-state index contributed by atoms with van der Waals surface area (Å²) in [5, 5.41) is 3.00. The molecular weight excluding hydrogens is 408 g/mol. The van der Waals surface area contributed by atoms with Crippen molar-refractivity contribution < 1.29 is 14.3 Å². The highest BCUT2D eigenvalue weighted by Gasteiger charge is 2.26. The summed E-state index contributed by atoms with van der Waals surface area (Å²) in [7, 11) is 1.62. The van der Waals surface area contributed by atoms with Crippen molar-refractivity contribution >= 4 is 23.6 Å². The van der Waals surface area contributed by atoms with Gasteiger partial charge in [0.05, 0.1) is 12.9 Å². The summed E-state index contributed by atoms with van der Waals surface area (Å²) in [4.78, 5) is 27.6. The van der Waals surface area contributed by atoms with Crippen molar-refractivity contribution in [2.45, 2.75) is 58.5 Å². The maximum absolute atomic E-state index is 13.2. The van der Waals surface area contributed by atoms with Gasteiger partial charge in [-0.2, -0.15) is 0 Å². The highest BCUT2D eigenvalue weighted by Crippen LogP contribution is 2.20. The number of methoxy groups -OCH3 is 1. The van der Waals surface area contributed by atoms with Crippen LogP contribution >= 0.6 is 11.8 Å². The average Bonchev–Trinajstić information content (AvgIpc) is 2.78. The molecule has 0 unspecified atom stereocenters. The van der Waals surface area contributed by atoms with Crippen molar-refractivity contribution in [1.29, 1.82) is 0 Å². The zero-order valence-electron chi connectivity index (χ0n) is 19.2. The fourth-order valence-electron chi connectivity index (χ4n) is 3.12.